The van der Waals surface area contributed by atoms with Gasteiger partial charge in [-0.3, -0.25) is 0 Å². The molecule has 0 bridgehead atoms. The molecule has 9 nitrogen and oxygen atoms in total. The number of rotatable bonds is 6. The van der Waals surface area contributed by atoms with Gasteiger partial charge in [-0.2, -0.15) is 0 Å². The number of hydrogen-bond donors (Lipinski definition) is 3. The normalized spacial score (nSPS) is 10.6. The van der Waals surface area contributed by atoms with Gasteiger partial charge < -0.3 is 20.5 Å². The summed E-state index contributed by atoms with van der Waals surface area (Å²) >= 11 is 0. The molecule has 0 aliphatic heterocycles. The highest BCUT2D eigenvalue weighted by molar-refractivity contribution is 5.76. The molecule has 114 valence electrons. The van der Waals surface area contributed by atoms with Crippen LogP contribution in [0.3, 0.4) is 0 Å². The second kappa shape index (κ2) is 6.22. The number of benzene rings is 1. The Hall–Kier alpha value is -2.94. The Morgan fingerprint density at radius 3 is 2.41 bits per heavy atom. The lowest BCUT2D eigenvalue weighted by Gasteiger charge is -2.11. The van der Waals surface area contributed by atoms with Gasteiger partial charge in [-0.05, 0) is 34.6 Å². The lowest BCUT2D eigenvalue weighted by molar-refractivity contribution is 0.311. The third-order valence-electron chi connectivity index (χ3n) is 2.87. The van der Waals surface area contributed by atoms with Crippen LogP contribution in [0, 0.1) is 0 Å². The number of aromatic nitrogens is 4. The minimum absolute atomic E-state index is 0.0290. The van der Waals surface area contributed by atoms with E-state index in [-0.39, 0.29) is 6.61 Å². The minimum atomic E-state index is -0.0290. The molecule has 1 aromatic carbocycles. The van der Waals surface area contributed by atoms with Crippen LogP contribution >= 0.6 is 0 Å². The molecule has 0 amide bonds. The first-order valence-corrected chi connectivity index (χ1v) is 6.56. The molecule has 3 aromatic rings. The van der Waals surface area contributed by atoms with Crippen molar-refractivity contribution in [1.29, 1.82) is 0 Å². The second-order valence-electron chi connectivity index (χ2n) is 4.34. The van der Waals surface area contributed by atoms with E-state index >= 15 is 0 Å². The first kappa shape index (κ1) is 14.0. The highest BCUT2D eigenvalue weighted by atomic mass is 16.6. The predicted octanol–water partition coefficient (Wildman–Crippen LogP) is 1.17. The zero-order valence-corrected chi connectivity index (χ0v) is 11.8. The molecule has 0 aliphatic carbocycles. The van der Waals surface area contributed by atoms with Crippen molar-refractivity contribution in [3.63, 3.8) is 0 Å². The Labute approximate surface area is 125 Å². The number of hydrogen-bond acceptors (Lipinski definition) is 9. The van der Waals surface area contributed by atoms with Crippen molar-refractivity contribution >= 4 is 28.6 Å². The van der Waals surface area contributed by atoms with Gasteiger partial charge in [0.1, 0.15) is 5.75 Å². The van der Waals surface area contributed by atoms with Crippen LogP contribution in [-0.2, 0) is 0 Å². The topological polar surface area (TPSA) is 118 Å². The van der Waals surface area contributed by atoms with Crippen LogP contribution in [0.2, 0.25) is 0 Å². The lowest BCUT2D eigenvalue weighted by atomic mass is 10.3. The largest absolute Gasteiger partial charge is 0.497 e. The Bertz CT molecular complexity index is 758. The molecule has 3 rings (SSSR count). The molecule has 0 saturated heterocycles. The van der Waals surface area contributed by atoms with E-state index in [9.17, 15) is 0 Å². The smallest absolute Gasteiger partial charge is 0.245 e. The van der Waals surface area contributed by atoms with E-state index in [1.807, 2.05) is 24.3 Å². The Morgan fingerprint density at radius 1 is 1.09 bits per heavy atom. The molecule has 0 saturated carbocycles. The van der Waals surface area contributed by atoms with Crippen LogP contribution in [0.1, 0.15) is 0 Å². The summed E-state index contributed by atoms with van der Waals surface area (Å²) in [5, 5.41) is 22.4. The maximum atomic E-state index is 8.95. The van der Waals surface area contributed by atoms with Crippen LogP contribution < -0.4 is 15.4 Å². The summed E-state index contributed by atoms with van der Waals surface area (Å²) in [5.41, 5.74) is 1.39. The molecular weight excluding hydrogens is 288 g/mol. The second-order valence-corrected chi connectivity index (χ2v) is 4.34. The van der Waals surface area contributed by atoms with E-state index in [0.29, 0.717) is 29.5 Å². The van der Waals surface area contributed by atoms with Crippen molar-refractivity contribution in [2.24, 2.45) is 0 Å². The van der Waals surface area contributed by atoms with E-state index in [2.05, 4.69) is 35.5 Å². The Balaban J connectivity index is 1.92. The van der Waals surface area contributed by atoms with Crippen molar-refractivity contribution < 1.29 is 14.5 Å². The fraction of sp³-hybridized carbons (Fsp3) is 0.231. The van der Waals surface area contributed by atoms with Crippen LogP contribution in [0.5, 0.6) is 5.75 Å². The summed E-state index contributed by atoms with van der Waals surface area (Å²) in [4.78, 5) is 8.57. The highest BCUT2D eigenvalue weighted by Crippen LogP contribution is 2.24. The average Bonchev–Trinajstić information content (AvgIpc) is 3.00. The highest BCUT2D eigenvalue weighted by Gasteiger charge is 2.12. The summed E-state index contributed by atoms with van der Waals surface area (Å²) in [5.74, 6) is 1.67. The Morgan fingerprint density at radius 2 is 1.77 bits per heavy atom. The van der Waals surface area contributed by atoms with Gasteiger partial charge >= 0.3 is 0 Å². The monoisotopic (exact) mass is 302 g/mol. The van der Waals surface area contributed by atoms with Gasteiger partial charge in [0.05, 0.1) is 13.7 Å². The molecule has 0 unspecified atom stereocenters. The quantitative estimate of drug-likeness (QED) is 0.616. The van der Waals surface area contributed by atoms with Gasteiger partial charge in [-0.25, -0.2) is 14.6 Å². The van der Waals surface area contributed by atoms with Crippen LogP contribution in [0.25, 0.3) is 11.3 Å². The molecule has 22 heavy (non-hydrogen) atoms. The average molecular weight is 302 g/mol. The molecule has 0 radical (unpaired) electrons. The summed E-state index contributed by atoms with van der Waals surface area (Å²) in [7, 11) is 1.61. The molecule has 0 fully saturated rings. The number of nitrogens with one attached hydrogen (secondary N) is 2. The van der Waals surface area contributed by atoms with Crippen molar-refractivity contribution in [3.8, 4) is 5.75 Å². The van der Waals surface area contributed by atoms with Gasteiger partial charge in [-0.15, -0.1) is 0 Å². The molecule has 2 heterocycles. The first-order chi connectivity index (χ1) is 10.8. The third kappa shape index (κ3) is 2.88. The summed E-state index contributed by atoms with van der Waals surface area (Å²) in [6.45, 7) is 0.307. The van der Waals surface area contributed by atoms with E-state index in [4.69, 9.17) is 9.84 Å². The molecule has 2 aromatic heterocycles. The standard InChI is InChI=1S/C13H14N6O3/c1-21-9-4-2-8(3-5-9)15-11-10(14-6-7-20)16-12-13(17-11)19-22-18-12/h2-5,20H,6-7H2,1H3,(H,14,16,18)(H,15,17,19). The zero-order chi connectivity index (χ0) is 15.4. The van der Waals surface area contributed by atoms with E-state index in [1.54, 1.807) is 7.11 Å². The minimum Gasteiger partial charge on any atom is -0.497 e. The number of nitrogens with zero attached hydrogens (tertiary/aromatic N) is 4. The van der Waals surface area contributed by atoms with Crippen molar-refractivity contribution in [3.05, 3.63) is 24.3 Å². The van der Waals surface area contributed by atoms with E-state index in [1.165, 1.54) is 0 Å². The van der Waals surface area contributed by atoms with Crippen molar-refractivity contribution in [2.75, 3.05) is 30.9 Å². The fourth-order valence-corrected chi connectivity index (χ4v) is 1.83. The fourth-order valence-electron chi connectivity index (χ4n) is 1.83. The molecule has 3 N–H and O–H groups in total. The number of anilines is 3. The van der Waals surface area contributed by atoms with Gasteiger partial charge in [0.25, 0.3) is 0 Å². The van der Waals surface area contributed by atoms with Crippen molar-refractivity contribution in [2.45, 2.75) is 0 Å². The third-order valence-corrected chi connectivity index (χ3v) is 2.87. The maximum absolute atomic E-state index is 8.95. The molecule has 0 spiro atoms. The predicted molar refractivity (Wildman–Crippen MR) is 79.2 cm³/mol. The maximum Gasteiger partial charge on any atom is 0.245 e. The number of aliphatic hydroxyl groups excluding tert-OH is 1. The number of aliphatic hydroxyl groups is 1. The van der Waals surface area contributed by atoms with Gasteiger partial charge in [0.2, 0.25) is 11.3 Å². The summed E-state index contributed by atoms with van der Waals surface area (Å²) in [6, 6.07) is 7.35. The molecule has 0 aliphatic rings. The molecule has 9 heteroatoms. The SMILES string of the molecule is COc1ccc(Nc2nc3nonc3nc2NCCO)cc1. The van der Waals surface area contributed by atoms with E-state index < -0.39 is 0 Å². The van der Waals surface area contributed by atoms with Gasteiger partial charge in [-0.1, -0.05) is 0 Å². The number of ether oxygens (including phenoxy) is 1. The van der Waals surface area contributed by atoms with Crippen LogP contribution in [0.15, 0.2) is 28.9 Å². The summed E-state index contributed by atoms with van der Waals surface area (Å²) < 4.78 is 9.73. The van der Waals surface area contributed by atoms with Gasteiger partial charge in [0, 0.05) is 12.2 Å². The van der Waals surface area contributed by atoms with E-state index in [0.717, 1.165) is 11.4 Å². The number of fused-ring (bicyclic) bond motifs is 1. The number of methoxy groups -OCH3 is 1. The van der Waals surface area contributed by atoms with Crippen LogP contribution in [0.4, 0.5) is 17.3 Å². The zero-order valence-electron chi connectivity index (χ0n) is 11.8. The van der Waals surface area contributed by atoms with Gasteiger partial charge in [0.15, 0.2) is 11.6 Å². The molecular formula is C13H14N6O3. The van der Waals surface area contributed by atoms with Crippen molar-refractivity contribution in [1.82, 2.24) is 20.3 Å². The Kier molecular flexibility index (Phi) is 3.97. The summed E-state index contributed by atoms with van der Waals surface area (Å²) in [6.07, 6.45) is 0. The van der Waals surface area contributed by atoms with Crippen LogP contribution in [-0.4, -0.2) is 45.6 Å². The lowest BCUT2D eigenvalue weighted by Crippen LogP contribution is -2.10. The molecule has 0 atom stereocenters. The first-order valence-electron chi connectivity index (χ1n) is 6.56.